The van der Waals surface area contributed by atoms with E-state index in [0.717, 1.165) is 46.5 Å². The van der Waals surface area contributed by atoms with Gasteiger partial charge in [0.05, 0.1) is 5.69 Å². The number of carbonyl (C=O) groups excluding carboxylic acids is 1. The number of dihydropyridines is 1. The molecule has 1 aliphatic rings. The van der Waals surface area contributed by atoms with Gasteiger partial charge in [-0.15, -0.1) is 0 Å². The van der Waals surface area contributed by atoms with E-state index in [-0.39, 0.29) is 11.7 Å². The van der Waals surface area contributed by atoms with E-state index in [1.165, 1.54) is 0 Å². The third-order valence-corrected chi connectivity index (χ3v) is 5.27. The summed E-state index contributed by atoms with van der Waals surface area (Å²) >= 11 is 0. The van der Waals surface area contributed by atoms with Crippen molar-refractivity contribution in [3.8, 4) is 16.9 Å². The SMILES string of the molecule is C=C(Nc1c(O)cc(-c2cccc(C)c2)cc1C(C)=NCCCC(N)=O)C1=CCCN=C1. The third kappa shape index (κ3) is 5.94. The zero-order valence-electron chi connectivity index (χ0n) is 18.7. The van der Waals surface area contributed by atoms with Crippen LogP contribution < -0.4 is 11.1 Å². The first kappa shape index (κ1) is 23.0. The Kier molecular flexibility index (Phi) is 7.60. The molecule has 0 atom stereocenters. The molecule has 0 radical (unpaired) electrons. The van der Waals surface area contributed by atoms with Gasteiger partial charge in [-0.2, -0.15) is 0 Å². The lowest BCUT2D eigenvalue weighted by Crippen LogP contribution is -2.11. The zero-order chi connectivity index (χ0) is 23.1. The minimum absolute atomic E-state index is 0.111. The van der Waals surface area contributed by atoms with Crippen molar-refractivity contribution < 1.29 is 9.90 Å². The van der Waals surface area contributed by atoms with Crippen molar-refractivity contribution in [3.05, 3.63) is 71.5 Å². The highest BCUT2D eigenvalue weighted by atomic mass is 16.3. The summed E-state index contributed by atoms with van der Waals surface area (Å²) in [5, 5.41) is 14.2. The van der Waals surface area contributed by atoms with Crippen molar-refractivity contribution in [2.24, 2.45) is 15.7 Å². The normalized spacial score (nSPS) is 13.6. The number of nitrogens with two attached hydrogens (primary N) is 1. The van der Waals surface area contributed by atoms with Crippen LogP contribution in [-0.2, 0) is 4.79 Å². The summed E-state index contributed by atoms with van der Waals surface area (Å²) in [6.45, 7) is 9.31. The lowest BCUT2D eigenvalue weighted by Gasteiger charge is -2.19. The largest absolute Gasteiger partial charge is 0.506 e. The number of carbonyl (C=O) groups is 1. The number of benzene rings is 2. The minimum atomic E-state index is -0.335. The number of rotatable bonds is 9. The van der Waals surface area contributed by atoms with Crippen molar-refractivity contribution in [1.29, 1.82) is 0 Å². The number of hydrogen-bond donors (Lipinski definition) is 3. The fraction of sp³-hybridized carbons (Fsp3) is 0.269. The molecule has 4 N–H and O–H groups in total. The molecule has 0 aromatic heterocycles. The van der Waals surface area contributed by atoms with Crippen LogP contribution in [0.3, 0.4) is 0 Å². The maximum absolute atomic E-state index is 11.0. The number of allylic oxidation sites excluding steroid dienone is 1. The van der Waals surface area contributed by atoms with Crippen molar-refractivity contribution >= 4 is 23.5 Å². The average Bonchev–Trinajstić information content (AvgIpc) is 2.78. The molecular formula is C26H30N4O2. The number of phenolic OH excluding ortho intramolecular Hbond substituents is 1. The predicted molar refractivity (Wildman–Crippen MR) is 133 cm³/mol. The lowest BCUT2D eigenvalue weighted by molar-refractivity contribution is -0.118. The van der Waals surface area contributed by atoms with Gasteiger partial charge >= 0.3 is 0 Å². The topological polar surface area (TPSA) is 100 Å². The molecule has 0 aliphatic carbocycles. The number of primary amides is 1. The molecule has 166 valence electrons. The van der Waals surface area contributed by atoms with E-state index in [1.54, 1.807) is 12.3 Å². The molecule has 1 amide bonds. The van der Waals surface area contributed by atoms with Crippen molar-refractivity contribution in [3.63, 3.8) is 0 Å². The standard InChI is InChI=1S/C26H30N4O2/c1-17-7-4-8-20(13-17)22-14-23(19(3)29-12-6-10-25(27)32)26(24(31)15-22)30-18(2)21-9-5-11-28-16-21/h4,7-9,13-16,30-31H,2,5-6,10-12H2,1,3H3,(H2,27,32). The monoisotopic (exact) mass is 430 g/mol. The van der Waals surface area contributed by atoms with Gasteiger partial charge in [-0.25, -0.2) is 0 Å². The number of nitrogens with zero attached hydrogens (tertiary/aromatic N) is 2. The second-order valence-electron chi connectivity index (χ2n) is 7.91. The number of hydrogen-bond acceptors (Lipinski definition) is 5. The Morgan fingerprint density at radius 2 is 2.09 bits per heavy atom. The molecule has 1 heterocycles. The van der Waals surface area contributed by atoms with E-state index in [1.807, 2.05) is 38.1 Å². The molecule has 3 rings (SSSR count). The maximum Gasteiger partial charge on any atom is 0.217 e. The first-order valence-electron chi connectivity index (χ1n) is 10.7. The minimum Gasteiger partial charge on any atom is -0.506 e. The predicted octanol–water partition coefficient (Wildman–Crippen LogP) is 4.77. The molecular weight excluding hydrogens is 400 g/mol. The quantitative estimate of drug-likeness (QED) is 0.303. The van der Waals surface area contributed by atoms with Gasteiger partial charge in [-0.3, -0.25) is 14.8 Å². The lowest BCUT2D eigenvalue weighted by atomic mass is 9.97. The van der Waals surface area contributed by atoms with Gasteiger partial charge in [0, 0.05) is 48.3 Å². The zero-order valence-corrected chi connectivity index (χ0v) is 18.7. The summed E-state index contributed by atoms with van der Waals surface area (Å²) in [5.74, 6) is -0.224. The summed E-state index contributed by atoms with van der Waals surface area (Å²) in [6, 6.07) is 11.9. The Hall–Kier alpha value is -3.67. The number of amides is 1. The summed E-state index contributed by atoms with van der Waals surface area (Å²) in [6.07, 6.45) is 5.60. The smallest absolute Gasteiger partial charge is 0.217 e. The second kappa shape index (κ2) is 10.6. The first-order chi connectivity index (χ1) is 15.3. The van der Waals surface area contributed by atoms with Gasteiger partial charge in [-0.1, -0.05) is 42.5 Å². The van der Waals surface area contributed by atoms with Crippen LogP contribution in [0.4, 0.5) is 5.69 Å². The molecule has 6 nitrogen and oxygen atoms in total. The number of aliphatic imine (C=N–C) groups is 2. The Bertz CT molecular complexity index is 1110. The van der Waals surface area contributed by atoms with Crippen LogP contribution in [-0.4, -0.2) is 36.0 Å². The third-order valence-electron chi connectivity index (χ3n) is 5.27. The Morgan fingerprint density at radius 3 is 2.78 bits per heavy atom. The molecule has 0 unspecified atom stereocenters. The molecule has 32 heavy (non-hydrogen) atoms. The maximum atomic E-state index is 11.0. The highest BCUT2D eigenvalue weighted by Gasteiger charge is 2.16. The number of aromatic hydroxyl groups is 1. The van der Waals surface area contributed by atoms with E-state index in [0.29, 0.717) is 30.8 Å². The average molecular weight is 431 g/mol. The summed E-state index contributed by atoms with van der Waals surface area (Å²) in [4.78, 5) is 20.0. The van der Waals surface area contributed by atoms with Gasteiger partial charge in [0.25, 0.3) is 0 Å². The molecule has 2 aromatic carbocycles. The molecule has 0 spiro atoms. The van der Waals surface area contributed by atoms with Crippen LogP contribution in [0.25, 0.3) is 11.1 Å². The van der Waals surface area contributed by atoms with Crippen LogP contribution in [0, 0.1) is 6.92 Å². The number of nitrogens with one attached hydrogen (secondary N) is 1. The van der Waals surface area contributed by atoms with Gasteiger partial charge < -0.3 is 16.2 Å². The van der Waals surface area contributed by atoms with Crippen molar-refractivity contribution in [2.75, 3.05) is 18.4 Å². The van der Waals surface area contributed by atoms with Crippen LogP contribution >= 0.6 is 0 Å². The highest BCUT2D eigenvalue weighted by molar-refractivity contribution is 6.06. The molecule has 2 aromatic rings. The van der Waals surface area contributed by atoms with E-state index < -0.39 is 0 Å². The van der Waals surface area contributed by atoms with E-state index in [2.05, 4.69) is 34.0 Å². The van der Waals surface area contributed by atoms with E-state index in [9.17, 15) is 9.90 Å². The number of aryl methyl sites for hydroxylation is 1. The first-order valence-corrected chi connectivity index (χ1v) is 10.7. The Morgan fingerprint density at radius 1 is 1.28 bits per heavy atom. The van der Waals surface area contributed by atoms with Gasteiger partial charge in [-0.05, 0) is 49.9 Å². The van der Waals surface area contributed by atoms with Gasteiger partial charge in [0.15, 0.2) is 0 Å². The number of anilines is 1. The highest BCUT2D eigenvalue weighted by Crippen LogP contribution is 2.36. The molecule has 1 aliphatic heterocycles. The van der Waals surface area contributed by atoms with Crippen molar-refractivity contribution in [2.45, 2.75) is 33.1 Å². The van der Waals surface area contributed by atoms with Crippen molar-refractivity contribution in [1.82, 2.24) is 0 Å². The Labute approximate surface area is 189 Å². The second-order valence-corrected chi connectivity index (χ2v) is 7.91. The van der Waals surface area contributed by atoms with Gasteiger partial charge in [0.1, 0.15) is 5.75 Å². The van der Waals surface area contributed by atoms with Crippen LogP contribution in [0.15, 0.2) is 70.3 Å². The Balaban J connectivity index is 1.99. The molecule has 0 bridgehead atoms. The summed E-state index contributed by atoms with van der Waals surface area (Å²) in [5.41, 5.74) is 11.9. The van der Waals surface area contributed by atoms with Crippen LogP contribution in [0.1, 0.15) is 37.3 Å². The molecule has 0 saturated carbocycles. The summed E-state index contributed by atoms with van der Waals surface area (Å²) < 4.78 is 0. The van der Waals surface area contributed by atoms with Crippen LogP contribution in [0.2, 0.25) is 0 Å². The fourth-order valence-corrected chi connectivity index (χ4v) is 3.55. The van der Waals surface area contributed by atoms with E-state index in [4.69, 9.17) is 5.73 Å². The number of phenols is 1. The summed E-state index contributed by atoms with van der Waals surface area (Å²) in [7, 11) is 0. The van der Waals surface area contributed by atoms with E-state index >= 15 is 0 Å². The molecule has 0 saturated heterocycles. The molecule has 6 heteroatoms. The van der Waals surface area contributed by atoms with Gasteiger partial charge in [0.2, 0.25) is 5.91 Å². The molecule has 0 fully saturated rings. The van der Waals surface area contributed by atoms with Crippen LogP contribution in [0.5, 0.6) is 5.75 Å². The fourth-order valence-electron chi connectivity index (χ4n) is 3.55.